The molecule has 0 aliphatic heterocycles. The molecule has 0 fully saturated rings. The van der Waals surface area contributed by atoms with Crippen LogP contribution in [0.5, 0.6) is 0 Å². The zero-order chi connectivity index (χ0) is 14.5. The summed E-state index contributed by atoms with van der Waals surface area (Å²) in [6.07, 6.45) is 1.19. The van der Waals surface area contributed by atoms with Crippen molar-refractivity contribution in [3.8, 4) is 0 Å². The largest absolute Gasteiger partial charge is 0.398 e. The van der Waals surface area contributed by atoms with Gasteiger partial charge in [0.15, 0.2) is 0 Å². The van der Waals surface area contributed by atoms with Gasteiger partial charge in [-0.2, -0.15) is 0 Å². The van der Waals surface area contributed by atoms with Crippen LogP contribution in [0, 0.1) is 6.92 Å². The molecule has 2 rings (SSSR count). The van der Waals surface area contributed by atoms with E-state index in [1.165, 1.54) is 11.1 Å². The standard InChI is InChI=1S/C16H17BrN2O/c1-11-3-2-4-12(9-11)5-8-16(20)19-13-6-7-14(17)15(18)10-13/h2-4,6-7,9-10H,5,8,18H2,1H3,(H,19,20). The Kier molecular flexibility index (Phi) is 4.79. The third-order valence-corrected chi connectivity index (χ3v) is 3.73. The molecule has 2 aromatic carbocycles. The molecular weight excluding hydrogens is 316 g/mol. The minimum absolute atomic E-state index is 0.00627. The van der Waals surface area contributed by atoms with Crippen LogP contribution in [0.3, 0.4) is 0 Å². The fourth-order valence-corrected chi connectivity index (χ4v) is 2.22. The van der Waals surface area contributed by atoms with Gasteiger partial charge in [0.05, 0.1) is 0 Å². The summed E-state index contributed by atoms with van der Waals surface area (Å²) >= 11 is 3.33. The Hall–Kier alpha value is -1.81. The Morgan fingerprint density at radius 1 is 1.25 bits per heavy atom. The van der Waals surface area contributed by atoms with E-state index in [9.17, 15) is 4.79 Å². The van der Waals surface area contributed by atoms with Crippen LogP contribution in [0.1, 0.15) is 17.5 Å². The van der Waals surface area contributed by atoms with E-state index < -0.39 is 0 Å². The van der Waals surface area contributed by atoms with E-state index in [1.54, 1.807) is 6.07 Å². The number of carbonyl (C=O) groups is 1. The molecule has 2 aromatic rings. The molecule has 0 bridgehead atoms. The van der Waals surface area contributed by atoms with Crippen molar-refractivity contribution in [2.24, 2.45) is 0 Å². The lowest BCUT2D eigenvalue weighted by Crippen LogP contribution is -2.12. The van der Waals surface area contributed by atoms with Crippen molar-refractivity contribution in [2.45, 2.75) is 19.8 Å². The van der Waals surface area contributed by atoms with E-state index in [0.29, 0.717) is 12.1 Å². The Morgan fingerprint density at radius 3 is 2.75 bits per heavy atom. The highest BCUT2D eigenvalue weighted by molar-refractivity contribution is 9.10. The molecule has 0 aliphatic carbocycles. The topological polar surface area (TPSA) is 55.1 Å². The number of aryl methyl sites for hydroxylation is 2. The maximum absolute atomic E-state index is 11.9. The lowest BCUT2D eigenvalue weighted by molar-refractivity contribution is -0.116. The first kappa shape index (κ1) is 14.6. The van der Waals surface area contributed by atoms with Gasteiger partial charge in [0.2, 0.25) is 5.91 Å². The van der Waals surface area contributed by atoms with Crippen molar-refractivity contribution in [1.29, 1.82) is 0 Å². The van der Waals surface area contributed by atoms with Crippen molar-refractivity contribution < 1.29 is 4.79 Å². The third kappa shape index (κ3) is 4.10. The van der Waals surface area contributed by atoms with Gasteiger partial charge in [0.25, 0.3) is 0 Å². The average molecular weight is 333 g/mol. The van der Waals surface area contributed by atoms with Crippen LogP contribution in [0.25, 0.3) is 0 Å². The van der Waals surface area contributed by atoms with Crippen molar-refractivity contribution >= 4 is 33.2 Å². The van der Waals surface area contributed by atoms with Crippen LogP contribution in [-0.2, 0) is 11.2 Å². The van der Waals surface area contributed by atoms with E-state index in [0.717, 1.165) is 16.6 Å². The van der Waals surface area contributed by atoms with E-state index in [2.05, 4.69) is 27.3 Å². The number of nitrogens with two attached hydrogens (primary N) is 1. The number of amides is 1. The van der Waals surface area contributed by atoms with Gasteiger partial charge in [-0.1, -0.05) is 29.8 Å². The number of carbonyl (C=O) groups excluding carboxylic acids is 1. The molecule has 20 heavy (non-hydrogen) atoms. The van der Waals surface area contributed by atoms with E-state index in [4.69, 9.17) is 5.73 Å². The predicted octanol–water partition coefficient (Wildman–Crippen LogP) is 3.91. The first-order valence-electron chi connectivity index (χ1n) is 6.45. The van der Waals surface area contributed by atoms with Crippen LogP contribution in [0.2, 0.25) is 0 Å². The van der Waals surface area contributed by atoms with Crippen LogP contribution < -0.4 is 11.1 Å². The van der Waals surface area contributed by atoms with Gasteiger partial charge in [-0.25, -0.2) is 0 Å². The van der Waals surface area contributed by atoms with Crippen molar-refractivity contribution in [3.63, 3.8) is 0 Å². The van der Waals surface area contributed by atoms with Gasteiger partial charge in [-0.05, 0) is 53.0 Å². The predicted molar refractivity (Wildman–Crippen MR) is 86.7 cm³/mol. The first-order chi connectivity index (χ1) is 9.54. The quantitative estimate of drug-likeness (QED) is 0.834. The number of hydrogen-bond acceptors (Lipinski definition) is 2. The fourth-order valence-electron chi connectivity index (χ4n) is 1.97. The second kappa shape index (κ2) is 6.57. The molecule has 104 valence electrons. The molecule has 3 N–H and O–H groups in total. The summed E-state index contributed by atoms with van der Waals surface area (Å²) in [4.78, 5) is 11.9. The summed E-state index contributed by atoms with van der Waals surface area (Å²) < 4.78 is 0.829. The number of nitrogens with one attached hydrogen (secondary N) is 1. The molecule has 0 unspecified atom stereocenters. The molecule has 4 heteroatoms. The van der Waals surface area contributed by atoms with Gasteiger partial charge >= 0.3 is 0 Å². The summed E-state index contributed by atoms with van der Waals surface area (Å²) in [5.74, 6) is -0.00627. The lowest BCUT2D eigenvalue weighted by Gasteiger charge is -2.07. The Bertz CT molecular complexity index is 626. The monoisotopic (exact) mass is 332 g/mol. The summed E-state index contributed by atoms with van der Waals surface area (Å²) in [5.41, 5.74) is 9.50. The van der Waals surface area contributed by atoms with E-state index >= 15 is 0 Å². The minimum atomic E-state index is -0.00627. The van der Waals surface area contributed by atoms with Gasteiger partial charge in [-0.3, -0.25) is 4.79 Å². The molecule has 0 saturated carbocycles. The highest BCUT2D eigenvalue weighted by Crippen LogP contribution is 2.23. The van der Waals surface area contributed by atoms with Crippen LogP contribution in [0.15, 0.2) is 46.9 Å². The molecule has 0 spiro atoms. The Balaban J connectivity index is 1.91. The second-order valence-corrected chi connectivity index (χ2v) is 5.63. The Morgan fingerprint density at radius 2 is 2.05 bits per heavy atom. The van der Waals surface area contributed by atoms with Crippen molar-refractivity contribution in [3.05, 3.63) is 58.1 Å². The third-order valence-electron chi connectivity index (χ3n) is 3.00. The molecule has 0 aromatic heterocycles. The molecule has 0 radical (unpaired) electrons. The minimum Gasteiger partial charge on any atom is -0.398 e. The molecule has 3 nitrogen and oxygen atoms in total. The van der Waals surface area contributed by atoms with E-state index in [1.807, 2.05) is 37.3 Å². The smallest absolute Gasteiger partial charge is 0.224 e. The number of halogens is 1. The zero-order valence-electron chi connectivity index (χ0n) is 11.3. The second-order valence-electron chi connectivity index (χ2n) is 4.77. The first-order valence-corrected chi connectivity index (χ1v) is 7.24. The normalized spacial score (nSPS) is 10.3. The average Bonchev–Trinajstić information content (AvgIpc) is 2.41. The number of hydrogen-bond donors (Lipinski definition) is 2. The van der Waals surface area contributed by atoms with Gasteiger partial charge in [-0.15, -0.1) is 0 Å². The van der Waals surface area contributed by atoms with Crippen LogP contribution >= 0.6 is 15.9 Å². The number of nitrogen functional groups attached to an aromatic ring is 1. The zero-order valence-corrected chi connectivity index (χ0v) is 12.9. The highest BCUT2D eigenvalue weighted by Gasteiger charge is 2.05. The summed E-state index contributed by atoms with van der Waals surface area (Å²) in [5, 5.41) is 2.86. The molecule has 0 saturated heterocycles. The summed E-state index contributed by atoms with van der Waals surface area (Å²) in [7, 11) is 0. The lowest BCUT2D eigenvalue weighted by atomic mass is 10.1. The van der Waals surface area contributed by atoms with E-state index in [-0.39, 0.29) is 5.91 Å². The maximum Gasteiger partial charge on any atom is 0.224 e. The van der Waals surface area contributed by atoms with Crippen molar-refractivity contribution in [2.75, 3.05) is 11.1 Å². The Labute approximate surface area is 127 Å². The fraction of sp³-hybridized carbons (Fsp3) is 0.188. The summed E-state index contributed by atoms with van der Waals surface area (Å²) in [6.45, 7) is 2.05. The number of anilines is 2. The summed E-state index contributed by atoms with van der Waals surface area (Å²) in [6, 6.07) is 13.6. The molecule has 0 aliphatic rings. The number of benzene rings is 2. The van der Waals surface area contributed by atoms with Crippen molar-refractivity contribution in [1.82, 2.24) is 0 Å². The SMILES string of the molecule is Cc1cccc(CCC(=O)Nc2ccc(Br)c(N)c2)c1. The van der Waals surface area contributed by atoms with Gasteiger partial charge in [0.1, 0.15) is 0 Å². The van der Waals surface area contributed by atoms with Gasteiger partial charge < -0.3 is 11.1 Å². The van der Waals surface area contributed by atoms with Crippen LogP contribution in [0.4, 0.5) is 11.4 Å². The number of rotatable bonds is 4. The maximum atomic E-state index is 11.9. The highest BCUT2D eigenvalue weighted by atomic mass is 79.9. The molecular formula is C16H17BrN2O. The molecule has 1 amide bonds. The van der Waals surface area contributed by atoms with Gasteiger partial charge in [0, 0.05) is 22.3 Å². The molecule has 0 heterocycles. The molecule has 0 atom stereocenters. The van der Waals surface area contributed by atoms with Crippen LogP contribution in [-0.4, -0.2) is 5.91 Å².